The normalized spacial score (nSPS) is 18.9. The van der Waals surface area contributed by atoms with Gasteiger partial charge < -0.3 is 13.8 Å². The van der Waals surface area contributed by atoms with Crippen LogP contribution in [0.25, 0.3) is 22.8 Å². The van der Waals surface area contributed by atoms with Gasteiger partial charge >= 0.3 is 0 Å². The molecule has 5 nitrogen and oxygen atoms in total. The second-order valence-electron chi connectivity index (χ2n) is 8.88. The molecule has 2 aromatic heterocycles. The fourth-order valence-corrected chi connectivity index (χ4v) is 5.12. The summed E-state index contributed by atoms with van der Waals surface area (Å²) in [6.07, 6.45) is 13.4. The van der Waals surface area contributed by atoms with Crippen molar-refractivity contribution in [1.29, 1.82) is 0 Å². The van der Waals surface area contributed by atoms with Gasteiger partial charge in [0.05, 0.1) is 6.26 Å². The van der Waals surface area contributed by atoms with Crippen LogP contribution in [0.3, 0.4) is 0 Å². The fraction of sp³-hybridized carbons (Fsp3) is 0.520. The maximum absolute atomic E-state index is 5.50. The van der Waals surface area contributed by atoms with E-state index in [9.17, 15) is 0 Å². The minimum Gasteiger partial charge on any atom is -0.464 e. The Bertz CT molecular complexity index is 902. The van der Waals surface area contributed by atoms with Crippen LogP contribution in [-0.4, -0.2) is 34.2 Å². The smallest absolute Gasteiger partial charge is 0.257 e. The van der Waals surface area contributed by atoms with Gasteiger partial charge in [-0.15, -0.1) is 0 Å². The van der Waals surface area contributed by atoms with E-state index in [0.29, 0.717) is 5.89 Å². The van der Waals surface area contributed by atoms with Crippen molar-refractivity contribution < 1.29 is 8.94 Å². The number of likely N-dealkylation sites (tertiary alicyclic amines) is 1. The first-order chi connectivity index (χ1) is 14.8. The van der Waals surface area contributed by atoms with E-state index in [1.54, 1.807) is 6.26 Å². The summed E-state index contributed by atoms with van der Waals surface area (Å²) in [6, 6.07) is 12.8. The SMILES string of the molecule is c1coc(-c2ccc(-c3nc(CCCC4CCN(C5CCCC5)CC4)no3)cc2)c1. The predicted molar refractivity (Wildman–Crippen MR) is 117 cm³/mol. The Balaban J connectivity index is 1.08. The Morgan fingerprint density at radius 3 is 2.43 bits per heavy atom. The number of furan rings is 1. The molecule has 5 rings (SSSR count). The molecule has 0 atom stereocenters. The van der Waals surface area contributed by atoms with Crippen LogP contribution in [0, 0.1) is 5.92 Å². The van der Waals surface area contributed by atoms with Gasteiger partial charge in [0.15, 0.2) is 5.82 Å². The van der Waals surface area contributed by atoms with Gasteiger partial charge in [0.2, 0.25) is 0 Å². The van der Waals surface area contributed by atoms with E-state index in [2.05, 4.69) is 15.0 Å². The molecule has 3 aromatic rings. The zero-order chi connectivity index (χ0) is 20.2. The van der Waals surface area contributed by atoms with Crippen LogP contribution in [0.15, 0.2) is 51.6 Å². The molecule has 1 aliphatic heterocycles. The molecule has 0 bridgehead atoms. The highest BCUT2D eigenvalue weighted by Crippen LogP contribution is 2.30. The summed E-state index contributed by atoms with van der Waals surface area (Å²) in [4.78, 5) is 7.37. The molecule has 2 aliphatic rings. The molecule has 0 spiro atoms. The number of rotatable bonds is 7. The second kappa shape index (κ2) is 9.17. The molecule has 0 radical (unpaired) electrons. The first-order valence-corrected chi connectivity index (χ1v) is 11.6. The van der Waals surface area contributed by atoms with Crippen molar-refractivity contribution in [1.82, 2.24) is 15.0 Å². The van der Waals surface area contributed by atoms with E-state index in [4.69, 9.17) is 8.94 Å². The van der Waals surface area contributed by atoms with Crippen molar-refractivity contribution in [3.8, 4) is 22.8 Å². The van der Waals surface area contributed by atoms with Crippen molar-refractivity contribution in [3.05, 3.63) is 48.5 Å². The number of aromatic nitrogens is 2. The lowest BCUT2D eigenvalue weighted by molar-refractivity contribution is 0.130. The Morgan fingerprint density at radius 1 is 0.933 bits per heavy atom. The summed E-state index contributed by atoms with van der Waals surface area (Å²) in [5.74, 6) is 3.15. The Kier molecular flexibility index (Phi) is 5.98. The van der Waals surface area contributed by atoms with E-state index < -0.39 is 0 Å². The topological polar surface area (TPSA) is 55.3 Å². The average Bonchev–Trinajstić information content (AvgIpc) is 3.57. The van der Waals surface area contributed by atoms with Crippen LogP contribution in [0.4, 0.5) is 0 Å². The Labute approximate surface area is 178 Å². The number of piperidine rings is 1. The maximum Gasteiger partial charge on any atom is 0.257 e. The summed E-state index contributed by atoms with van der Waals surface area (Å²) >= 11 is 0. The predicted octanol–water partition coefficient (Wildman–Crippen LogP) is 5.97. The van der Waals surface area contributed by atoms with Crippen LogP contribution in [0.1, 0.15) is 57.2 Å². The molecule has 1 saturated heterocycles. The number of hydrogen-bond acceptors (Lipinski definition) is 5. The summed E-state index contributed by atoms with van der Waals surface area (Å²) in [5, 5.41) is 4.20. The summed E-state index contributed by atoms with van der Waals surface area (Å²) in [5.41, 5.74) is 1.99. The lowest BCUT2D eigenvalue weighted by atomic mass is 9.90. The minimum atomic E-state index is 0.598. The fourth-order valence-electron chi connectivity index (χ4n) is 5.12. The zero-order valence-corrected chi connectivity index (χ0v) is 17.6. The van der Waals surface area contributed by atoms with Gasteiger partial charge in [0, 0.05) is 23.6 Å². The molecule has 1 aromatic carbocycles. The third-order valence-corrected chi connectivity index (χ3v) is 6.91. The van der Waals surface area contributed by atoms with Crippen molar-refractivity contribution in [2.75, 3.05) is 13.1 Å². The van der Waals surface area contributed by atoms with Gasteiger partial charge in [-0.2, -0.15) is 4.98 Å². The first-order valence-electron chi connectivity index (χ1n) is 11.6. The third kappa shape index (κ3) is 4.51. The second-order valence-corrected chi connectivity index (χ2v) is 8.88. The maximum atomic E-state index is 5.50. The van der Waals surface area contributed by atoms with Crippen LogP contribution >= 0.6 is 0 Å². The molecular formula is C25H31N3O2. The van der Waals surface area contributed by atoms with Crippen LogP contribution < -0.4 is 0 Å². The van der Waals surface area contributed by atoms with E-state index in [0.717, 1.165) is 47.5 Å². The highest BCUT2D eigenvalue weighted by Gasteiger charge is 2.26. The quantitative estimate of drug-likeness (QED) is 0.484. The molecule has 1 saturated carbocycles. The van der Waals surface area contributed by atoms with E-state index in [-0.39, 0.29) is 0 Å². The van der Waals surface area contributed by atoms with Crippen LogP contribution in [0.2, 0.25) is 0 Å². The lowest BCUT2D eigenvalue weighted by Crippen LogP contribution is -2.40. The van der Waals surface area contributed by atoms with Gasteiger partial charge in [0.25, 0.3) is 5.89 Å². The Hall–Kier alpha value is -2.40. The first kappa shape index (κ1) is 19.6. The van der Waals surface area contributed by atoms with E-state index in [1.165, 1.54) is 58.0 Å². The number of nitrogens with zero attached hydrogens (tertiary/aromatic N) is 3. The monoisotopic (exact) mass is 405 g/mol. The van der Waals surface area contributed by atoms with Crippen molar-refractivity contribution in [2.24, 2.45) is 5.92 Å². The van der Waals surface area contributed by atoms with Crippen molar-refractivity contribution in [3.63, 3.8) is 0 Å². The summed E-state index contributed by atoms with van der Waals surface area (Å²) in [6.45, 7) is 2.60. The third-order valence-electron chi connectivity index (χ3n) is 6.91. The van der Waals surface area contributed by atoms with Gasteiger partial charge in [-0.25, -0.2) is 0 Å². The van der Waals surface area contributed by atoms with Gasteiger partial charge in [0.1, 0.15) is 5.76 Å². The lowest BCUT2D eigenvalue weighted by Gasteiger charge is -2.36. The largest absolute Gasteiger partial charge is 0.464 e. The van der Waals surface area contributed by atoms with E-state index >= 15 is 0 Å². The molecule has 3 heterocycles. The molecular weight excluding hydrogens is 374 g/mol. The number of hydrogen-bond donors (Lipinski definition) is 0. The van der Waals surface area contributed by atoms with Gasteiger partial charge in [-0.05, 0) is 81.8 Å². The van der Waals surface area contributed by atoms with Crippen molar-refractivity contribution >= 4 is 0 Å². The van der Waals surface area contributed by atoms with Crippen molar-refractivity contribution in [2.45, 2.75) is 63.8 Å². The standard InChI is InChI=1S/C25H31N3O2/c1-2-7-22(6-1)28-16-14-19(15-17-28)5-3-9-24-26-25(30-27-24)21-12-10-20(11-13-21)23-8-4-18-29-23/h4,8,10-13,18-19,22H,1-3,5-7,9,14-17H2. The summed E-state index contributed by atoms with van der Waals surface area (Å²) in [7, 11) is 0. The van der Waals surface area contributed by atoms with Crippen LogP contribution in [0.5, 0.6) is 0 Å². The summed E-state index contributed by atoms with van der Waals surface area (Å²) < 4.78 is 10.9. The number of benzene rings is 1. The molecule has 0 unspecified atom stereocenters. The number of aryl methyl sites for hydroxylation is 1. The highest BCUT2D eigenvalue weighted by molar-refractivity contribution is 5.63. The molecule has 0 amide bonds. The average molecular weight is 406 g/mol. The Morgan fingerprint density at radius 2 is 1.70 bits per heavy atom. The molecule has 1 aliphatic carbocycles. The zero-order valence-electron chi connectivity index (χ0n) is 17.6. The van der Waals surface area contributed by atoms with E-state index in [1.807, 2.05) is 36.4 Å². The highest BCUT2D eigenvalue weighted by atomic mass is 16.5. The molecule has 30 heavy (non-hydrogen) atoms. The minimum absolute atomic E-state index is 0.598. The molecule has 158 valence electrons. The van der Waals surface area contributed by atoms with Crippen LogP contribution in [-0.2, 0) is 6.42 Å². The molecule has 5 heteroatoms. The van der Waals surface area contributed by atoms with Gasteiger partial charge in [-0.3, -0.25) is 0 Å². The molecule has 2 fully saturated rings. The molecule has 0 N–H and O–H groups in total. The van der Waals surface area contributed by atoms with Gasteiger partial charge in [-0.1, -0.05) is 30.1 Å².